The molecule has 0 saturated heterocycles. The number of nitrogens with one attached hydrogen (secondary N) is 1. The van der Waals surface area contributed by atoms with E-state index in [-0.39, 0.29) is 12.8 Å². The largest absolute Gasteiger partial charge is 0.454 e. The standard InChI is InChI=1S/C14H18N2O3/c1-2-17-7-3-6-16-12(9-15)11-4-5-13-14(8-11)19-10-18-13/h4-5,8,12,16H,2-3,6-7,10H2,1H3. The van der Waals surface area contributed by atoms with E-state index in [9.17, 15) is 5.26 Å². The van der Waals surface area contributed by atoms with E-state index in [1.165, 1.54) is 0 Å². The topological polar surface area (TPSA) is 63.5 Å². The molecule has 0 aliphatic carbocycles. The normalized spacial score (nSPS) is 14.1. The lowest BCUT2D eigenvalue weighted by Gasteiger charge is -2.12. The van der Waals surface area contributed by atoms with Crippen molar-refractivity contribution in [2.24, 2.45) is 0 Å². The van der Waals surface area contributed by atoms with Crippen LogP contribution in [0, 0.1) is 11.3 Å². The molecule has 0 radical (unpaired) electrons. The molecule has 2 rings (SSSR count). The molecule has 0 aromatic heterocycles. The first-order valence-electron chi connectivity index (χ1n) is 6.45. The Bertz CT molecular complexity index is 456. The molecule has 1 heterocycles. The molecule has 1 unspecified atom stereocenters. The second-order valence-corrected chi connectivity index (χ2v) is 4.18. The van der Waals surface area contributed by atoms with Crippen LogP contribution < -0.4 is 14.8 Å². The summed E-state index contributed by atoms with van der Waals surface area (Å²) < 4.78 is 15.8. The van der Waals surface area contributed by atoms with Crippen LogP contribution in [0.15, 0.2) is 18.2 Å². The van der Waals surface area contributed by atoms with Crippen LogP contribution in [0.2, 0.25) is 0 Å². The smallest absolute Gasteiger partial charge is 0.231 e. The lowest BCUT2D eigenvalue weighted by molar-refractivity contribution is 0.144. The average molecular weight is 262 g/mol. The van der Waals surface area contributed by atoms with Crippen molar-refractivity contribution in [3.63, 3.8) is 0 Å². The quantitative estimate of drug-likeness (QED) is 0.761. The lowest BCUT2D eigenvalue weighted by atomic mass is 10.1. The maximum atomic E-state index is 9.21. The summed E-state index contributed by atoms with van der Waals surface area (Å²) >= 11 is 0. The van der Waals surface area contributed by atoms with Crippen molar-refractivity contribution in [2.45, 2.75) is 19.4 Å². The highest BCUT2D eigenvalue weighted by Gasteiger charge is 2.17. The molecule has 5 nitrogen and oxygen atoms in total. The summed E-state index contributed by atoms with van der Waals surface area (Å²) in [7, 11) is 0. The molecule has 1 N–H and O–H groups in total. The van der Waals surface area contributed by atoms with Crippen molar-refractivity contribution in [1.82, 2.24) is 5.32 Å². The van der Waals surface area contributed by atoms with Crippen LogP contribution in [0.4, 0.5) is 0 Å². The zero-order valence-electron chi connectivity index (χ0n) is 11.0. The number of nitriles is 1. The Morgan fingerprint density at radius 1 is 1.42 bits per heavy atom. The van der Waals surface area contributed by atoms with Crippen molar-refractivity contribution >= 4 is 0 Å². The Kier molecular flexibility index (Phi) is 5.01. The second kappa shape index (κ2) is 6.98. The zero-order chi connectivity index (χ0) is 13.5. The molecule has 0 fully saturated rings. The third kappa shape index (κ3) is 3.60. The summed E-state index contributed by atoms with van der Waals surface area (Å²) in [5.41, 5.74) is 0.892. The zero-order valence-corrected chi connectivity index (χ0v) is 11.0. The first-order valence-corrected chi connectivity index (χ1v) is 6.45. The molecule has 1 atom stereocenters. The van der Waals surface area contributed by atoms with Gasteiger partial charge in [0, 0.05) is 13.2 Å². The van der Waals surface area contributed by atoms with E-state index in [2.05, 4.69) is 11.4 Å². The van der Waals surface area contributed by atoms with Gasteiger partial charge >= 0.3 is 0 Å². The van der Waals surface area contributed by atoms with Gasteiger partial charge in [0.1, 0.15) is 6.04 Å². The van der Waals surface area contributed by atoms with E-state index in [0.29, 0.717) is 12.4 Å². The number of ether oxygens (including phenoxy) is 3. The van der Waals surface area contributed by atoms with Crippen LogP contribution in [0.25, 0.3) is 0 Å². The molecule has 1 aromatic carbocycles. The Morgan fingerprint density at radius 2 is 2.26 bits per heavy atom. The fourth-order valence-corrected chi connectivity index (χ4v) is 1.90. The number of benzene rings is 1. The minimum absolute atomic E-state index is 0.248. The fourth-order valence-electron chi connectivity index (χ4n) is 1.90. The van der Waals surface area contributed by atoms with E-state index in [1.54, 1.807) is 0 Å². The maximum absolute atomic E-state index is 9.21. The van der Waals surface area contributed by atoms with Gasteiger partial charge in [-0.3, -0.25) is 5.32 Å². The third-order valence-corrected chi connectivity index (χ3v) is 2.88. The van der Waals surface area contributed by atoms with Crippen molar-refractivity contribution in [2.75, 3.05) is 26.6 Å². The number of hydrogen-bond donors (Lipinski definition) is 1. The maximum Gasteiger partial charge on any atom is 0.231 e. The third-order valence-electron chi connectivity index (χ3n) is 2.88. The summed E-state index contributed by atoms with van der Waals surface area (Å²) in [6.45, 7) is 4.40. The van der Waals surface area contributed by atoms with Crippen LogP contribution in [0.5, 0.6) is 11.5 Å². The average Bonchev–Trinajstić information content (AvgIpc) is 2.90. The van der Waals surface area contributed by atoms with E-state index in [4.69, 9.17) is 14.2 Å². The molecule has 1 aromatic rings. The van der Waals surface area contributed by atoms with Gasteiger partial charge in [-0.2, -0.15) is 5.26 Å². The molecule has 1 aliphatic heterocycles. The summed E-state index contributed by atoms with van der Waals surface area (Å²) in [6.07, 6.45) is 0.885. The second-order valence-electron chi connectivity index (χ2n) is 4.18. The summed E-state index contributed by atoms with van der Waals surface area (Å²) in [4.78, 5) is 0. The van der Waals surface area contributed by atoms with Crippen LogP contribution >= 0.6 is 0 Å². The molecular weight excluding hydrogens is 244 g/mol. The minimum Gasteiger partial charge on any atom is -0.454 e. The Hall–Kier alpha value is -1.77. The highest BCUT2D eigenvalue weighted by atomic mass is 16.7. The number of rotatable bonds is 7. The highest BCUT2D eigenvalue weighted by molar-refractivity contribution is 5.46. The predicted molar refractivity (Wildman–Crippen MR) is 70.0 cm³/mol. The van der Waals surface area contributed by atoms with Gasteiger partial charge in [-0.1, -0.05) is 6.07 Å². The van der Waals surface area contributed by atoms with E-state index < -0.39 is 0 Å². The monoisotopic (exact) mass is 262 g/mol. The minimum atomic E-state index is -0.337. The Labute approximate surface area is 113 Å². The molecular formula is C14H18N2O3. The van der Waals surface area contributed by atoms with Gasteiger partial charge in [0.25, 0.3) is 0 Å². The Morgan fingerprint density at radius 3 is 3.05 bits per heavy atom. The van der Waals surface area contributed by atoms with Gasteiger partial charge in [-0.25, -0.2) is 0 Å². The fraction of sp³-hybridized carbons (Fsp3) is 0.500. The van der Waals surface area contributed by atoms with Crippen LogP contribution in [-0.4, -0.2) is 26.6 Å². The molecule has 0 bridgehead atoms. The first-order chi connectivity index (χ1) is 9.35. The first kappa shape index (κ1) is 13.7. The van der Waals surface area contributed by atoms with Gasteiger partial charge in [-0.05, 0) is 37.6 Å². The molecule has 5 heteroatoms. The van der Waals surface area contributed by atoms with Gasteiger partial charge in [0.05, 0.1) is 6.07 Å². The SMILES string of the molecule is CCOCCCNC(C#N)c1ccc2c(c1)OCO2. The van der Waals surface area contributed by atoms with E-state index >= 15 is 0 Å². The number of fused-ring (bicyclic) bond motifs is 1. The van der Waals surface area contributed by atoms with Gasteiger partial charge in [-0.15, -0.1) is 0 Å². The summed E-state index contributed by atoms with van der Waals surface area (Å²) in [6, 6.07) is 7.49. The molecule has 19 heavy (non-hydrogen) atoms. The number of nitrogens with zero attached hydrogens (tertiary/aromatic N) is 1. The van der Waals surface area contributed by atoms with E-state index in [1.807, 2.05) is 25.1 Å². The highest BCUT2D eigenvalue weighted by Crippen LogP contribution is 2.34. The van der Waals surface area contributed by atoms with Crippen LogP contribution in [0.1, 0.15) is 24.9 Å². The predicted octanol–water partition coefficient (Wildman–Crippen LogP) is 2.00. The summed E-state index contributed by atoms with van der Waals surface area (Å²) in [5, 5.41) is 12.4. The van der Waals surface area contributed by atoms with Crippen molar-refractivity contribution in [3.8, 4) is 17.6 Å². The molecule has 0 amide bonds. The molecule has 0 spiro atoms. The van der Waals surface area contributed by atoms with Crippen LogP contribution in [0.3, 0.4) is 0 Å². The summed E-state index contributed by atoms with van der Waals surface area (Å²) in [5.74, 6) is 1.44. The molecule has 0 saturated carbocycles. The van der Waals surface area contributed by atoms with Crippen LogP contribution in [-0.2, 0) is 4.74 Å². The van der Waals surface area contributed by atoms with Gasteiger partial charge in [0.15, 0.2) is 11.5 Å². The molecule has 1 aliphatic rings. The molecule has 102 valence electrons. The number of hydrogen-bond acceptors (Lipinski definition) is 5. The Balaban J connectivity index is 1.89. The van der Waals surface area contributed by atoms with Crippen molar-refractivity contribution < 1.29 is 14.2 Å². The van der Waals surface area contributed by atoms with Gasteiger partial charge < -0.3 is 14.2 Å². The lowest BCUT2D eigenvalue weighted by Crippen LogP contribution is -2.22. The van der Waals surface area contributed by atoms with Crippen molar-refractivity contribution in [3.05, 3.63) is 23.8 Å². The van der Waals surface area contributed by atoms with E-state index in [0.717, 1.165) is 30.9 Å². The van der Waals surface area contributed by atoms with Crippen molar-refractivity contribution in [1.29, 1.82) is 5.26 Å². The van der Waals surface area contributed by atoms with Gasteiger partial charge in [0.2, 0.25) is 6.79 Å².